The Morgan fingerprint density at radius 3 is 2.00 bits per heavy atom. The fourth-order valence-corrected chi connectivity index (χ4v) is 3.02. The van der Waals surface area contributed by atoms with Crippen LogP contribution in [-0.4, -0.2) is 56.5 Å². The summed E-state index contributed by atoms with van der Waals surface area (Å²) in [6.07, 6.45) is 0.292. The maximum Gasteiger partial charge on any atom is 0.164 e. The lowest BCUT2D eigenvalue weighted by Crippen LogP contribution is -2.47. The van der Waals surface area contributed by atoms with Gasteiger partial charge in [0.25, 0.3) is 0 Å². The standard InChI is InChI=1S/C16H23NO4S/c1-10-8-17(9-11(2)21-10)16(22)12-6-14(19-4)15(20-5)7-13(12)18-3/h6-7,10-11H,8-9H2,1-5H3. The molecular formula is C16H23NO4S. The molecule has 1 aromatic carbocycles. The van der Waals surface area contributed by atoms with Gasteiger partial charge in [-0.15, -0.1) is 0 Å². The average molecular weight is 325 g/mol. The molecule has 6 heteroatoms. The molecule has 22 heavy (non-hydrogen) atoms. The number of morpholine rings is 1. The minimum Gasteiger partial charge on any atom is -0.496 e. The third kappa shape index (κ3) is 3.44. The Labute approximate surface area is 137 Å². The molecule has 0 amide bonds. The Hall–Kier alpha value is -1.53. The predicted molar refractivity (Wildman–Crippen MR) is 89.4 cm³/mol. The number of nitrogens with zero attached hydrogens (tertiary/aromatic N) is 1. The lowest BCUT2D eigenvalue weighted by molar-refractivity contribution is -0.0472. The number of benzene rings is 1. The molecule has 0 aromatic heterocycles. The first-order chi connectivity index (χ1) is 10.5. The van der Waals surface area contributed by atoms with Gasteiger partial charge in [-0.1, -0.05) is 12.2 Å². The number of hydrogen-bond donors (Lipinski definition) is 0. The van der Waals surface area contributed by atoms with E-state index in [9.17, 15) is 0 Å². The van der Waals surface area contributed by atoms with Crippen LogP contribution >= 0.6 is 12.2 Å². The number of ether oxygens (including phenoxy) is 4. The van der Waals surface area contributed by atoms with Gasteiger partial charge >= 0.3 is 0 Å². The Morgan fingerprint density at radius 1 is 1.00 bits per heavy atom. The Kier molecular flexibility index (Phi) is 5.47. The summed E-state index contributed by atoms with van der Waals surface area (Å²) in [5.74, 6) is 1.93. The van der Waals surface area contributed by atoms with Crippen molar-refractivity contribution in [1.29, 1.82) is 0 Å². The Balaban J connectivity index is 2.35. The Bertz CT molecular complexity index is 539. The van der Waals surface area contributed by atoms with Crippen LogP contribution in [0.5, 0.6) is 17.2 Å². The second-order valence-electron chi connectivity index (χ2n) is 5.37. The summed E-state index contributed by atoms with van der Waals surface area (Å²) in [6.45, 7) is 5.63. The van der Waals surface area contributed by atoms with Crippen molar-refractivity contribution in [3.05, 3.63) is 17.7 Å². The molecule has 1 aliphatic rings. The van der Waals surface area contributed by atoms with Crippen LogP contribution in [0.2, 0.25) is 0 Å². The van der Waals surface area contributed by atoms with Gasteiger partial charge in [-0.3, -0.25) is 0 Å². The third-order valence-corrected chi connectivity index (χ3v) is 4.12. The van der Waals surface area contributed by atoms with Crippen LogP contribution in [0.1, 0.15) is 19.4 Å². The molecule has 122 valence electrons. The largest absolute Gasteiger partial charge is 0.496 e. The van der Waals surface area contributed by atoms with E-state index in [4.69, 9.17) is 31.2 Å². The molecular weight excluding hydrogens is 302 g/mol. The van der Waals surface area contributed by atoms with Gasteiger partial charge in [-0.25, -0.2) is 0 Å². The number of thiocarbonyl (C=S) groups is 1. The quantitative estimate of drug-likeness (QED) is 0.792. The summed E-state index contributed by atoms with van der Waals surface area (Å²) in [5.41, 5.74) is 0.830. The van der Waals surface area contributed by atoms with Crippen LogP contribution in [-0.2, 0) is 4.74 Å². The highest BCUT2D eigenvalue weighted by molar-refractivity contribution is 7.80. The zero-order chi connectivity index (χ0) is 16.3. The molecule has 0 bridgehead atoms. The number of rotatable bonds is 4. The van der Waals surface area contributed by atoms with Gasteiger partial charge in [-0.05, 0) is 19.9 Å². The molecule has 2 atom stereocenters. The van der Waals surface area contributed by atoms with Crippen molar-refractivity contribution < 1.29 is 18.9 Å². The molecule has 2 rings (SSSR count). The van der Waals surface area contributed by atoms with E-state index in [2.05, 4.69) is 18.7 Å². The summed E-state index contributed by atoms with van der Waals surface area (Å²) in [5, 5.41) is 0. The van der Waals surface area contributed by atoms with Crippen LogP contribution < -0.4 is 14.2 Å². The van der Waals surface area contributed by atoms with Gasteiger partial charge in [0, 0.05) is 19.2 Å². The lowest BCUT2D eigenvalue weighted by Gasteiger charge is -2.37. The zero-order valence-corrected chi connectivity index (χ0v) is 14.5. The van der Waals surface area contributed by atoms with E-state index < -0.39 is 0 Å². The highest BCUT2D eigenvalue weighted by Crippen LogP contribution is 2.35. The van der Waals surface area contributed by atoms with Crippen molar-refractivity contribution in [3.63, 3.8) is 0 Å². The van der Waals surface area contributed by atoms with Gasteiger partial charge in [0.1, 0.15) is 10.7 Å². The van der Waals surface area contributed by atoms with E-state index >= 15 is 0 Å². The summed E-state index contributed by atoms with van der Waals surface area (Å²) in [6, 6.07) is 3.67. The first-order valence-electron chi connectivity index (χ1n) is 7.24. The van der Waals surface area contributed by atoms with Crippen LogP contribution in [0.15, 0.2) is 12.1 Å². The molecule has 5 nitrogen and oxygen atoms in total. The zero-order valence-electron chi connectivity index (χ0n) is 13.7. The highest BCUT2D eigenvalue weighted by atomic mass is 32.1. The normalized spacial score (nSPS) is 21.4. The number of methoxy groups -OCH3 is 3. The molecule has 1 saturated heterocycles. The van der Waals surface area contributed by atoms with Gasteiger partial charge in [0.15, 0.2) is 11.5 Å². The first kappa shape index (κ1) is 16.8. The molecule has 2 unspecified atom stereocenters. The second-order valence-corrected chi connectivity index (χ2v) is 5.76. The fourth-order valence-electron chi connectivity index (χ4n) is 2.71. The topological polar surface area (TPSA) is 40.2 Å². The molecule has 0 radical (unpaired) electrons. The Morgan fingerprint density at radius 2 is 1.50 bits per heavy atom. The summed E-state index contributed by atoms with van der Waals surface area (Å²) < 4.78 is 21.9. The van der Waals surface area contributed by atoms with E-state index in [0.29, 0.717) is 17.2 Å². The monoisotopic (exact) mass is 325 g/mol. The highest BCUT2D eigenvalue weighted by Gasteiger charge is 2.26. The van der Waals surface area contributed by atoms with Crippen molar-refractivity contribution >= 4 is 17.2 Å². The van der Waals surface area contributed by atoms with E-state index in [1.165, 1.54) is 0 Å². The summed E-state index contributed by atoms with van der Waals surface area (Å²) in [7, 11) is 4.83. The molecule has 1 heterocycles. The van der Waals surface area contributed by atoms with E-state index in [1.54, 1.807) is 27.4 Å². The number of hydrogen-bond acceptors (Lipinski definition) is 5. The van der Waals surface area contributed by atoms with Crippen molar-refractivity contribution in [2.45, 2.75) is 26.1 Å². The molecule has 1 aliphatic heterocycles. The van der Waals surface area contributed by atoms with Crippen molar-refractivity contribution in [1.82, 2.24) is 4.90 Å². The first-order valence-corrected chi connectivity index (χ1v) is 7.65. The lowest BCUT2D eigenvalue weighted by atomic mass is 10.1. The van der Waals surface area contributed by atoms with Crippen LogP contribution in [0.25, 0.3) is 0 Å². The van der Waals surface area contributed by atoms with Crippen molar-refractivity contribution in [3.8, 4) is 17.2 Å². The maximum atomic E-state index is 5.76. The van der Waals surface area contributed by atoms with E-state index in [1.807, 2.05) is 6.07 Å². The van der Waals surface area contributed by atoms with Crippen molar-refractivity contribution in [2.75, 3.05) is 34.4 Å². The summed E-state index contributed by atoms with van der Waals surface area (Å²) >= 11 is 5.68. The van der Waals surface area contributed by atoms with Gasteiger partial charge in [0.2, 0.25) is 0 Å². The molecule has 1 fully saturated rings. The fraction of sp³-hybridized carbons (Fsp3) is 0.562. The molecule has 0 N–H and O–H groups in total. The molecule has 0 saturated carbocycles. The molecule has 0 aliphatic carbocycles. The molecule has 0 spiro atoms. The molecule has 1 aromatic rings. The van der Waals surface area contributed by atoms with E-state index in [0.717, 1.165) is 23.6 Å². The van der Waals surface area contributed by atoms with Gasteiger partial charge in [-0.2, -0.15) is 0 Å². The van der Waals surface area contributed by atoms with Crippen LogP contribution in [0.4, 0.5) is 0 Å². The average Bonchev–Trinajstić information content (AvgIpc) is 2.51. The minimum absolute atomic E-state index is 0.146. The van der Waals surface area contributed by atoms with Crippen molar-refractivity contribution in [2.24, 2.45) is 0 Å². The SMILES string of the molecule is COc1cc(OC)c(C(=S)N2CC(C)OC(C)C2)cc1OC. The van der Waals surface area contributed by atoms with Crippen LogP contribution in [0, 0.1) is 0 Å². The van der Waals surface area contributed by atoms with Crippen LogP contribution in [0.3, 0.4) is 0 Å². The third-order valence-electron chi connectivity index (χ3n) is 3.64. The van der Waals surface area contributed by atoms with E-state index in [-0.39, 0.29) is 12.2 Å². The minimum atomic E-state index is 0.146. The predicted octanol–water partition coefficient (Wildman–Crippen LogP) is 2.50. The smallest absolute Gasteiger partial charge is 0.164 e. The van der Waals surface area contributed by atoms with Gasteiger partial charge in [0.05, 0.1) is 39.1 Å². The maximum absolute atomic E-state index is 5.76. The second kappa shape index (κ2) is 7.15. The summed E-state index contributed by atoms with van der Waals surface area (Å²) in [4.78, 5) is 2.89. The van der Waals surface area contributed by atoms with Gasteiger partial charge < -0.3 is 23.8 Å².